The monoisotopic (exact) mass is 278 g/mol. The maximum absolute atomic E-state index is 6.36. The molecule has 1 saturated carbocycles. The van der Waals surface area contributed by atoms with E-state index >= 15 is 0 Å². The van der Waals surface area contributed by atoms with Crippen molar-refractivity contribution in [3.8, 4) is 0 Å². The van der Waals surface area contributed by atoms with Gasteiger partial charge >= 0.3 is 0 Å². The lowest BCUT2D eigenvalue weighted by molar-refractivity contribution is 0.182. The Morgan fingerprint density at radius 3 is 2.74 bits per heavy atom. The van der Waals surface area contributed by atoms with Gasteiger partial charge in [0.15, 0.2) is 0 Å². The molecule has 0 spiro atoms. The van der Waals surface area contributed by atoms with Crippen LogP contribution in [0.5, 0.6) is 0 Å². The fraction of sp³-hybridized carbons (Fsp3) is 0.625. The van der Waals surface area contributed by atoms with Crippen LogP contribution in [-0.2, 0) is 0 Å². The summed E-state index contributed by atoms with van der Waals surface area (Å²) in [6.07, 6.45) is 5.34. The standard InChI is InChI=1S/C16H23ClN2/c1-12(15-6-2-3-7-16(15)17)19(14-8-9-14)11-13-5-4-10-18-13/h2-3,6-7,12-14,18H,4-5,8-11H2,1H3. The van der Waals surface area contributed by atoms with Crippen LogP contribution in [0.4, 0.5) is 0 Å². The molecule has 2 nitrogen and oxygen atoms in total. The molecule has 3 rings (SSSR count). The van der Waals surface area contributed by atoms with Gasteiger partial charge in [-0.2, -0.15) is 0 Å². The number of nitrogens with one attached hydrogen (secondary N) is 1. The third kappa shape index (κ3) is 3.13. The summed E-state index contributed by atoms with van der Waals surface area (Å²) in [5.74, 6) is 0. The molecule has 0 radical (unpaired) electrons. The second kappa shape index (κ2) is 5.82. The zero-order valence-electron chi connectivity index (χ0n) is 11.6. The minimum atomic E-state index is 0.420. The smallest absolute Gasteiger partial charge is 0.0453 e. The van der Waals surface area contributed by atoms with E-state index in [0.29, 0.717) is 12.1 Å². The fourth-order valence-electron chi connectivity index (χ4n) is 3.19. The van der Waals surface area contributed by atoms with Crippen molar-refractivity contribution >= 4 is 11.6 Å². The Bertz CT molecular complexity index is 425. The van der Waals surface area contributed by atoms with Gasteiger partial charge in [-0.3, -0.25) is 4.90 Å². The number of hydrogen-bond donors (Lipinski definition) is 1. The average Bonchev–Trinajstić information content (AvgIpc) is 3.13. The normalized spacial score (nSPS) is 24.9. The molecule has 1 saturated heterocycles. The maximum Gasteiger partial charge on any atom is 0.0453 e. The first-order chi connectivity index (χ1) is 9.25. The Balaban J connectivity index is 1.73. The lowest BCUT2D eigenvalue weighted by Crippen LogP contribution is -2.40. The molecule has 2 atom stereocenters. The molecule has 0 amide bonds. The van der Waals surface area contributed by atoms with E-state index in [0.717, 1.165) is 17.6 Å². The molecule has 2 fully saturated rings. The lowest BCUT2D eigenvalue weighted by atomic mass is 10.1. The minimum Gasteiger partial charge on any atom is -0.313 e. The Labute approximate surface area is 121 Å². The molecule has 2 aliphatic rings. The predicted molar refractivity (Wildman–Crippen MR) is 80.6 cm³/mol. The largest absolute Gasteiger partial charge is 0.313 e. The Hall–Kier alpha value is -0.570. The van der Waals surface area contributed by atoms with Crippen molar-refractivity contribution < 1.29 is 0 Å². The Morgan fingerprint density at radius 2 is 2.11 bits per heavy atom. The fourth-order valence-corrected chi connectivity index (χ4v) is 3.48. The Kier molecular flexibility index (Phi) is 4.11. The number of benzene rings is 1. The predicted octanol–water partition coefficient (Wildman–Crippen LogP) is 3.62. The van der Waals surface area contributed by atoms with E-state index < -0.39 is 0 Å². The number of halogens is 1. The van der Waals surface area contributed by atoms with Gasteiger partial charge in [-0.25, -0.2) is 0 Å². The topological polar surface area (TPSA) is 15.3 Å². The first kappa shape index (κ1) is 13.4. The van der Waals surface area contributed by atoms with Gasteiger partial charge in [-0.05, 0) is 50.8 Å². The molecule has 0 aromatic heterocycles. The van der Waals surface area contributed by atoms with Gasteiger partial charge in [0, 0.05) is 29.7 Å². The van der Waals surface area contributed by atoms with Crippen molar-refractivity contribution in [1.29, 1.82) is 0 Å². The maximum atomic E-state index is 6.36. The molecule has 3 heteroatoms. The van der Waals surface area contributed by atoms with Crippen molar-refractivity contribution in [2.75, 3.05) is 13.1 Å². The summed E-state index contributed by atoms with van der Waals surface area (Å²) in [6, 6.07) is 10.1. The van der Waals surface area contributed by atoms with E-state index in [1.807, 2.05) is 12.1 Å². The van der Waals surface area contributed by atoms with Gasteiger partial charge in [0.1, 0.15) is 0 Å². The molecule has 0 bridgehead atoms. The molecule has 1 N–H and O–H groups in total. The molecule has 1 aliphatic heterocycles. The molecule has 19 heavy (non-hydrogen) atoms. The average molecular weight is 279 g/mol. The van der Waals surface area contributed by atoms with Crippen LogP contribution in [-0.4, -0.2) is 30.1 Å². The van der Waals surface area contributed by atoms with E-state index in [1.54, 1.807) is 0 Å². The molecule has 1 aromatic rings. The van der Waals surface area contributed by atoms with Crippen LogP contribution in [0.3, 0.4) is 0 Å². The van der Waals surface area contributed by atoms with E-state index in [2.05, 4.69) is 29.3 Å². The van der Waals surface area contributed by atoms with Crippen LogP contribution >= 0.6 is 11.6 Å². The first-order valence-corrected chi connectivity index (χ1v) is 7.87. The zero-order valence-corrected chi connectivity index (χ0v) is 12.4. The lowest BCUT2D eigenvalue weighted by Gasteiger charge is -2.32. The molecule has 1 aromatic carbocycles. The van der Waals surface area contributed by atoms with Gasteiger partial charge in [0.25, 0.3) is 0 Å². The molecule has 1 aliphatic carbocycles. The highest BCUT2D eigenvalue weighted by molar-refractivity contribution is 6.31. The van der Waals surface area contributed by atoms with Gasteiger partial charge < -0.3 is 5.32 Å². The Morgan fingerprint density at radius 1 is 1.32 bits per heavy atom. The third-order valence-corrected chi connectivity index (χ3v) is 4.81. The summed E-state index contributed by atoms with van der Waals surface area (Å²) in [5, 5.41) is 4.52. The van der Waals surface area contributed by atoms with Gasteiger partial charge in [-0.15, -0.1) is 0 Å². The second-order valence-electron chi connectivity index (χ2n) is 5.92. The highest BCUT2D eigenvalue weighted by Crippen LogP contribution is 2.36. The van der Waals surface area contributed by atoms with E-state index in [-0.39, 0.29) is 0 Å². The van der Waals surface area contributed by atoms with Crippen LogP contribution in [0, 0.1) is 0 Å². The molecule has 104 valence electrons. The van der Waals surface area contributed by atoms with E-state index in [4.69, 9.17) is 11.6 Å². The summed E-state index contributed by atoms with van der Waals surface area (Å²) in [4.78, 5) is 2.66. The quantitative estimate of drug-likeness (QED) is 0.885. The van der Waals surface area contributed by atoms with Gasteiger partial charge in [0.05, 0.1) is 0 Å². The molecule has 1 heterocycles. The molecular formula is C16H23ClN2. The number of rotatable bonds is 5. The SMILES string of the molecule is CC(c1ccccc1Cl)N(CC1CCCN1)C1CC1. The summed E-state index contributed by atoms with van der Waals surface area (Å²) in [6.45, 7) is 4.65. The summed E-state index contributed by atoms with van der Waals surface area (Å²) < 4.78 is 0. The second-order valence-corrected chi connectivity index (χ2v) is 6.33. The van der Waals surface area contributed by atoms with Crippen molar-refractivity contribution in [1.82, 2.24) is 10.2 Å². The first-order valence-electron chi connectivity index (χ1n) is 7.49. The zero-order chi connectivity index (χ0) is 13.2. The van der Waals surface area contributed by atoms with Crippen molar-refractivity contribution in [2.24, 2.45) is 0 Å². The van der Waals surface area contributed by atoms with Gasteiger partial charge in [0.2, 0.25) is 0 Å². The summed E-state index contributed by atoms with van der Waals surface area (Å²) >= 11 is 6.36. The highest BCUT2D eigenvalue weighted by Gasteiger charge is 2.35. The van der Waals surface area contributed by atoms with Crippen LogP contribution in [0.1, 0.15) is 44.2 Å². The van der Waals surface area contributed by atoms with Gasteiger partial charge in [-0.1, -0.05) is 29.8 Å². The molecular weight excluding hydrogens is 256 g/mol. The van der Waals surface area contributed by atoms with Crippen LogP contribution in [0.15, 0.2) is 24.3 Å². The molecule has 2 unspecified atom stereocenters. The van der Waals surface area contributed by atoms with Crippen LogP contribution in [0.25, 0.3) is 0 Å². The van der Waals surface area contributed by atoms with E-state index in [9.17, 15) is 0 Å². The number of nitrogens with zero attached hydrogens (tertiary/aromatic N) is 1. The van der Waals surface area contributed by atoms with Crippen LogP contribution < -0.4 is 5.32 Å². The highest BCUT2D eigenvalue weighted by atomic mass is 35.5. The van der Waals surface area contributed by atoms with E-state index in [1.165, 1.54) is 37.8 Å². The summed E-state index contributed by atoms with van der Waals surface area (Å²) in [5.41, 5.74) is 1.27. The van der Waals surface area contributed by atoms with Crippen molar-refractivity contribution in [3.63, 3.8) is 0 Å². The van der Waals surface area contributed by atoms with Crippen molar-refractivity contribution in [2.45, 2.75) is 50.7 Å². The van der Waals surface area contributed by atoms with Crippen molar-refractivity contribution in [3.05, 3.63) is 34.9 Å². The summed E-state index contributed by atoms with van der Waals surface area (Å²) in [7, 11) is 0. The minimum absolute atomic E-state index is 0.420. The van der Waals surface area contributed by atoms with Crippen LogP contribution in [0.2, 0.25) is 5.02 Å². The number of hydrogen-bond acceptors (Lipinski definition) is 2. The third-order valence-electron chi connectivity index (χ3n) is 4.46.